The maximum absolute atomic E-state index is 12.2. The second-order valence-electron chi connectivity index (χ2n) is 5.28. The van der Waals surface area contributed by atoms with Crippen LogP contribution in [0.25, 0.3) is 0 Å². The van der Waals surface area contributed by atoms with Crippen LogP contribution in [-0.2, 0) is 11.3 Å². The zero-order chi connectivity index (χ0) is 14.1. The third kappa shape index (κ3) is 2.27. The summed E-state index contributed by atoms with van der Waals surface area (Å²) in [6.07, 6.45) is 0. The highest BCUT2D eigenvalue weighted by Crippen LogP contribution is 2.30. The first kappa shape index (κ1) is 12.7. The van der Waals surface area contributed by atoms with Gasteiger partial charge in [0.15, 0.2) is 0 Å². The van der Waals surface area contributed by atoms with Gasteiger partial charge in [0.2, 0.25) is 5.91 Å². The Morgan fingerprint density at radius 2 is 1.95 bits per heavy atom. The number of hydrogen-bond donors (Lipinski definition) is 1. The molecule has 20 heavy (non-hydrogen) atoms. The first-order valence-corrected chi connectivity index (χ1v) is 6.84. The van der Waals surface area contributed by atoms with Crippen molar-refractivity contribution < 1.29 is 4.79 Å². The number of para-hydroxylation sites is 2. The molecule has 0 saturated heterocycles. The molecule has 1 heterocycles. The minimum Gasteiger partial charge on any atom is -0.374 e. The van der Waals surface area contributed by atoms with Crippen molar-refractivity contribution in [3.05, 3.63) is 59.2 Å². The molecule has 1 aliphatic heterocycles. The fourth-order valence-electron chi connectivity index (χ4n) is 2.63. The summed E-state index contributed by atoms with van der Waals surface area (Å²) in [5.41, 5.74) is 5.66. The van der Waals surface area contributed by atoms with E-state index in [0.29, 0.717) is 13.1 Å². The van der Waals surface area contributed by atoms with E-state index in [-0.39, 0.29) is 5.91 Å². The van der Waals surface area contributed by atoms with Gasteiger partial charge in [-0.05, 0) is 37.1 Å². The lowest BCUT2D eigenvalue weighted by atomic mass is 10.0. The molecular weight excluding hydrogens is 248 g/mol. The van der Waals surface area contributed by atoms with Crippen molar-refractivity contribution in [2.75, 3.05) is 16.8 Å². The number of fused-ring (bicyclic) bond motifs is 1. The molecule has 0 aromatic heterocycles. The van der Waals surface area contributed by atoms with Crippen molar-refractivity contribution in [3.63, 3.8) is 0 Å². The molecule has 102 valence electrons. The second-order valence-corrected chi connectivity index (χ2v) is 5.28. The quantitative estimate of drug-likeness (QED) is 0.905. The summed E-state index contributed by atoms with van der Waals surface area (Å²) in [5, 5.41) is 3.16. The van der Waals surface area contributed by atoms with E-state index in [2.05, 4.69) is 37.4 Å². The van der Waals surface area contributed by atoms with Gasteiger partial charge in [0.1, 0.15) is 0 Å². The van der Waals surface area contributed by atoms with Gasteiger partial charge < -0.3 is 10.2 Å². The SMILES string of the molecule is Cc1ccc(CN2C(=O)CNc3ccccc32)c(C)c1. The molecule has 0 fully saturated rings. The Kier molecular flexibility index (Phi) is 3.18. The predicted molar refractivity (Wildman–Crippen MR) is 82.0 cm³/mol. The number of amides is 1. The molecule has 0 radical (unpaired) electrons. The van der Waals surface area contributed by atoms with Gasteiger partial charge in [-0.25, -0.2) is 0 Å². The molecule has 3 nitrogen and oxygen atoms in total. The standard InChI is InChI=1S/C17H18N2O/c1-12-7-8-14(13(2)9-12)11-19-16-6-4-3-5-15(16)18-10-17(19)20/h3-9,18H,10-11H2,1-2H3. The fraction of sp³-hybridized carbons (Fsp3) is 0.235. The Bertz CT molecular complexity index is 664. The number of carbonyl (C=O) groups excluding carboxylic acids is 1. The molecule has 1 aliphatic rings. The van der Waals surface area contributed by atoms with Gasteiger partial charge in [0.25, 0.3) is 0 Å². The van der Waals surface area contributed by atoms with Crippen molar-refractivity contribution in [2.45, 2.75) is 20.4 Å². The number of aryl methyl sites for hydroxylation is 2. The number of anilines is 2. The van der Waals surface area contributed by atoms with Crippen LogP contribution in [0.3, 0.4) is 0 Å². The zero-order valence-electron chi connectivity index (χ0n) is 11.8. The summed E-state index contributed by atoms with van der Waals surface area (Å²) in [6.45, 7) is 5.18. The maximum Gasteiger partial charge on any atom is 0.246 e. The average molecular weight is 266 g/mol. The molecular formula is C17H18N2O. The second kappa shape index (κ2) is 5.00. The Hall–Kier alpha value is -2.29. The molecule has 0 unspecified atom stereocenters. The summed E-state index contributed by atoms with van der Waals surface area (Å²) in [5.74, 6) is 0.115. The average Bonchev–Trinajstić information content (AvgIpc) is 2.44. The van der Waals surface area contributed by atoms with Crippen LogP contribution in [0.5, 0.6) is 0 Å². The van der Waals surface area contributed by atoms with Crippen LogP contribution >= 0.6 is 0 Å². The number of nitrogens with zero attached hydrogens (tertiary/aromatic N) is 1. The Balaban J connectivity index is 1.95. The number of nitrogens with one attached hydrogen (secondary N) is 1. The number of carbonyl (C=O) groups is 1. The van der Waals surface area contributed by atoms with Crippen LogP contribution in [0.1, 0.15) is 16.7 Å². The van der Waals surface area contributed by atoms with Crippen molar-refractivity contribution in [1.29, 1.82) is 0 Å². The Labute approximate surface area is 119 Å². The summed E-state index contributed by atoms with van der Waals surface area (Å²) in [6, 6.07) is 14.3. The van der Waals surface area contributed by atoms with E-state index in [1.807, 2.05) is 29.2 Å². The molecule has 0 saturated carbocycles. The van der Waals surface area contributed by atoms with Gasteiger partial charge in [-0.3, -0.25) is 4.79 Å². The van der Waals surface area contributed by atoms with Gasteiger partial charge in [-0.15, -0.1) is 0 Å². The molecule has 1 amide bonds. The minimum atomic E-state index is 0.115. The lowest BCUT2D eigenvalue weighted by Gasteiger charge is -2.30. The van der Waals surface area contributed by atoms with Gasteiger partial charge in [-0.1, -0.05) is 35.9 Å². The summed E-state index contributed by atoms with van der Waals surface area (Å²) < 4.78 is 0. The van der Waals surface area contributed by atoms with Crippen molar-refractivity contribution in [3.8, 4) is 0 Å². The van der Waals surface area contributed by atoms with Gasteiger partial charge in [0, 0.05) is 0 Å². The molecule has 0 bridgehead atoms. The molecule has 3 heteroatoms. The van der Waals surface area contributed by atoms with E-state index in [1.54, 1.807) is 0 Å². The van der Waals surface area contributed by atoms with Crippen LogP contribution < -0.4 is 10.2 Å². The lowest BCUT2D eigenvalue weighted by Crippen LogP contribution is -2.39. The molecule has 0 atom stereocenters. The maximum atomic E-state index is 12.2. The fourth-order valence-corrected chi connectivity index (χ4v) is 2.63. The minimum absolute atomic E-state index is 0.115. The Morgan fingerprint density at radius 1 is 1.15 bits per heavy atom. The van der Waals surface area contributed by atoms with E-state index >= 15 is 0 Å². The highest BCUT2D eigenvalue weighted by Gasteiger charge is 2.23. The molecule has 0 spiro atoms. The van der Waals surface area contributed by atoms with Crippen molar-refractivity contribution >= 4 is 17.3 Å². The molecule has 2 aromatic rings. The van der Waals surface area contributed by atoms with Gasteiger partial charge in [0.05, 0.1) is 24.5 Å². The monoisotopic (exact) mass is 266 g/mol. The van der Waals surface area contributed by atoms with Crippen LogP contribution in [0, 0.1) is 13.8 Å². The number of benzene rings is 2. The van der Waals surface area contributed by atoms with Crippen molar-refractivity contribution in [2.24, 2.45) is 0 Å². The van der Waals surface area contributed by atoms with Crippen LogP contribution in [0.15, 0.2) is 42.5 Å². The third-order valence-electron chi connectivity index (χ3n) is 3.75. The van der Waals surface area contributed by atoms with Crippen LogP contribution in [-0.4, -0.2) is 12.5 Å². The topological polar surface area (TPSA) is 32.3 Å². The number of rotatable bonds is 2. The molecule has 0 aliphatic carbocycles. The molecule has 1 N–H and O–H groups in total. The zero-order valence-corrected chi connectivity index (χ0v) is 11.8. The van der Waals surface area contributed by atoms with Gasteiger partial charge >= 0.3 is 0 Å². The Morgan fingerprint density at radius 3 is 2.75 bits per heavy atom. The van der Waals surface area contributed by atoms with Crippen LogP contribution in [0.2, 0.25) is 0 Å². The molecule has 3 rings (SSSR count). The van der Waals surface area contributed by atoms with E-state index in [0.717, 1.165) is 11.4 Å². The predicted octanol–water partition coefficient (Wildman–Crippen LogP) is 3.26. The smallest absolute Gasteiger partial charge is 0.246 e. The third-order valence-corrected chi connectivity index (χ3v) is 3.75. The normalized spacial score (nSPS) is 13.9. The highest BCUT2D eigenvalue weighted by atomic mass is 16.2. The first-order chi connectivity index (χ1) is 9.65. The first-order valence-electron chi connectivity index (χ1n) is 6.84. The van der Waals surface area contributed by atoms with Crippen LogP contribution in [0.4, 0.5) is 11.4 Å². The van der Waals surface area contributed by atoms with Crippen molar-refractivity contribution in [1.82, 2.24) is 0 Å². The number of hydrogen-bond acceptors (Lipinski definition) is 2. The summed E-state index contributed by atoms with van der Waals surface area (Å²) >= 11 is 0. The van der Waals surface area contributed by atoms with E-state index in [1.165, 1.54) is 16.7 Å². The lowest BCUT2D eigenvalue weighted by molar-refractivity contribution is -0.117. The van der Waals surface area contributed by atoms with E-state index in [4.69, 9.17) is 0 Å². The summed E-state index contributed by atoms with van der Waals surface area (Å²) in [7, 11) is 0. The molecule has 2 aromatic carbocycles. The summed E-state index contributed by atoms with van der Waals surface area (Å²) in [4.78, 5) is 14.1. The highest BCUT2D eigenvalue weighted by molar-refractivity contribution is 6.02. The van der Waals surface area contributed by atoms with E-state index < -0.39 is 0 Å². The van der Waals surface area contributed by atoms with Gasteiger partial charge in [-0.2, -0.15) is 0 Å². The van der Waals surface area contributed by atoms with E-state index in [9.17, 15) is 4.79 Å². The largest absolute Gasteiger partial charge is 0.374 e.